The van der Waals surface area contributed by atoms with Crippen molar-refractivity contribution in [1.29, 1.82) is 5.26 Å². The molecule has 0 unspecified atom stereocenters. The number of benzene rings is 1. The second-order valence-electron chi connectivity index (χ2n) is 3.99. The summed E-state index contributed by atoms with van der Waals surface area (Å²) in [5.41, 5.74) is 3.70. The molecule has 1 aromatic heterocycles. The monoisotopic (exact) mass is 234 g/mol. The standard InChI is InChI=1S/C15H10N2O/c16-9-11-3-4-15-14(8-11)13(5-7-18-15)12-2-1-6-17-10-12/h1-6,8,10H,7H2. The molecule has 1 aliphatic rings. The molecule has 1 aromatic carbocycles. The summed E-state index contributed by atoms with van der Waals surface area (Å²) in [7, 11) is 0. The maximum Gasteiger partial charge on any atom is 0.127 e. The molecule has 0 N–H and O–H groups in total. The van der Waals surface area contributed by atoms with Gasteiger partial charge in [0.1, 0.15) is 12.4 Å². The average molecular weight is 234 g/mol. The first-order chi connectivity index (χ1) is 8.88. The van der Waals surface area contributed by atoms with Crippen LogP contribution in [0.2, 0.25) is 0 Å². The van der Waals surface area contributed by atoms with Gasteiger partial charge < -0.3 is 4.74 Å². The summed E-state index contributed by atoms with van der Waals surface area (Å²) in [4.78, 5) is 4.13. The quantitative estimate of drug-likeness (QED) is 0.762. The van der Waals surface area contributed by atoms with Gasteiger partial charge in [-0.15, -0.1) is 0 Å². The van der Waals surface area contributed by atoms with Gasteiger partial charge in [-0.05, 0) is 35.9 Å². The Kier molecular flexibility index (Phi) is 2.54. The van der Waals surface area contributed by atoms with Crippen LogP contribution in [0.1, 0.15) is 16.7 Å². The maximum absolute atomic E-state index is 8.97. The van der Waals surface area contributed by atoms with E-state index < -0.39 is 0 Å². The molecule has 18 heavy (non-hydrogen) atoms. The first kappa shape index (κ1) is 10.5. The summed E-state index contributed by atoms with van der Waals surface area (Å²) in [5, 5.41) is 8.97. The van der Waals surface area contributed by atoms with Crippen LogP contribution >= 0.6 is 0 Å². The van der Waals surface area contributed by atoms with Crippen molar-refractivity contribution in [3.63, 3.8) is 0 Å². The van der Waals surface area contributed by atoms with Gasteiger partial charge in [0.2, 0.25) is 0 Å². The minimum atomic E-state index is 0.545. The van der Waals surface area contributed by atoms with E-state index >= 15 is 0 Å². The molecule has 3 heteroatoms. The second-order valence-corrected chi connectivity index (χ2v) is 3.99. The van der Waals surface area contributed by atoms with Crippen molar-refractivity contribution in [2.24, 2.45) is 0 Å². The van der Waals surface area contributed by atoms with Gasteiger partial charge in [0.05, 0.1) is 11.6 Å². The zero-order chi connectivity index (χ0) is 12.4. The van der Waals surface area contributed by atoms with Crippen LogP contribution in [0, 0.1) is 11.3 Å². The Bertz CT molecular complexity index is 654. The topological polar surface area (TPSA) is 45.9 Å². The third kappa shape index (κ3) is 1.74. The molecular weight excluding hydrogens is 224 g/mol. The molecule has 2 aromatic rings. The molecule has 0 radical (unpaired) electrons. The Labute approximate surface area is 105 Å². The van der Waals surface area contributed by atoms with E-state index in [-0.39, 0.29) is 0 Å². The molecule has 0 spiro atoms. The summed E-state index contributed by atoms with van der Waals surface area (Å²) in [6, 6.07) is 11.5. The molecular formula is C15H10N2O. The Balaban J connectivity index is 2.15. The van der Waals surface area contributed by atoms with Gasteiger partial charge in [-0.25, -0.2) is 0 Å². The van der Waals surface area contributed by atoms with Crippen LogP contribution in [0.4, 0.5) is 0 Å². The highest BCUT2D eigenvalue weighted by molar-refractivity contribution is 5.84. The molecule has 0 atom stereocenters. The fraction of sp³-hybridized carbons (Fsp3) is 0.0667. The molecule has 3 nitrogen and oxygen atoms in total. The van der Waals surface area contributed by atoms with Crippen LogP contribution in [0.15, 0.2) is 48.8 Å². The lowest BCUT2D eigenvalue weighted by Gasteiger charge is -2.18. The zero-order valence-corrected chi connectivity index (χ0v) is 9.63. The highest BCUT2D eigenvalue weighted by Crippen LogP contribution is 2.34. The fourth-order valence-electron chi connectivity index (χ4n) is 2.06. The van der Waals surface area contributed by atoms with Crippen LogP contribution in [0.5, 0.6) is 5.75 Å². The third-order valence-corrected chi connectivity index (χ3v) is 2.90. The number of rotatable bonds is 1. The molecule has 2 heterocycles. The van der Waals surface area contributed by atoms with Crippen molar-refractivity contribution in [1.82, 2.24) is 4.98 Å². The lowest BCUT2D eigenvalue weighted by atomic mass is 9.95. The van der Waals surface area contributed by atoms with Crippen molar-refractivity contribution in [2.75, 3.05) is 6.61 Å². The van der Waals surface area contributed by atoms with Gasteiger partial charge in [0, 0.05) is 23.5 Å². The van der Waals surface area contributed by atoms with Gasteiger partial charge >= 0.3 is 0 Å². The smallest absolute Gasteiger partial charge is 0.127 e. The summed E-state index contributed by atoms with van der Waals surface area (Å²) in [6.07, 6.45) is 5.58. The van der Waals surface area contributed by atoms with Gasteiger partial charge in [-0.1, -0.05) is 6.07 Å². The number of hydrogen-bond donors (Lipinski definition) is 0. The van der Waals surface area contributed by atoms with Crippen LogP contribution < -0.4 is 4.74 Å². The van der Waals surface area contributed by atoms with Crippen molar-refractivity contribution in [3.05, 3.63) is 65.5 Å². The predicted molar refractivity (Wildman–Crippen MR) is 68.0 cm³/mol. The van der Waals surface area contributed by atoms with Gasteiger partial charge in [0.15, 0.2) is 0 Å². The van der Waals surface area contributed by atoms with Gasteiger partial charge in [-0.3, -0.25) is 4.98 Å². The molecule has 0 fully saturated rings. The summed E-state index contributed by atoms with van der Waals surface area (Å²) < 4.78 is 5.57. The number of fused-ring (bicyclic) bond motifs is 1. The molecule has 0 bridgehead atoms. The second kappa shape index (κ2) is 4.34. The van der Waals surface area contributed by atoms with Crippen LogP contribution in [-0.2, 0) is 0 Å². The highest BCUT2D eigenvalue weighted by atomic mass is 16.5. The van der Waals surface area contributed by atoms with E-state index in [9.17, 15) is 0 Å². The molecule has 86 valence electrons. The van der Waals surface area contributed by atoms with Gasteiger partial charge in [0.25, 0.3) is 0 Å². The molecule has 0 saturated carbocycles. The van der Waals surface area contributed by atoms with E-state index in [0.717, 1.165) is 22.4 Å². The Morgan fingerprint density at radius 1 is 1.28 bits per heavy atom. The minimum Gasteiger partial charge on any atom is -0.489 e. The summed E-state index contributed by atoms with van der Waals surface area (Å²) in [5.74, 6) is 0.815. The Morgan fingerprint density at radius 3 is 3.00 bits per heavy atom. The number of nitriles is 1. The normalized spacial score (nSPS) is 12.9. The Hall–Kier alpha value is -2.60. The van der Waals surface area contributed by atoms with Gasteiger partial charge in [-0.2, -0.15) is 5.26 Å². The van der Waals surface area contributed by atoms with E-state index in [4.69, 9.17) is 10.00 Å². The number of aromatic nitrogens is 1. The minimum absolute atomic E-state index is 0.545. The van der Waals surface area contributed by atoms with Crippen molar-refractivity contribution < 1.29 is 4.74 Å². The SMILES string of the molecule is N#Cc1ccc2c(c1)C(c1cccnc1)=CCO2. The van der Waals surface area contributed by atoms with E-state index in [0.29, 0.717) is 12.2 Å². The number of hydrogen-bond acceptors (Lipinski definition) is 3. The first-order valence-electron chi connectivity index (χ1n) is 5.66. The largest absolute Gasteiger partial charge is 0.489 e. The lowest BCUT2D eigenvalue weighted by molar-refractivity contribution is 0.357. The van der Waals surface area contributed by atoms with Crippen molar-refractivity contribution in [2.45, 2.75) is 0 Å². The van der Waals surface area contributed by atoms with E-state index in [2.05, 4.69) is 11.1 Å². The predicted octanol–water partition coefficient (Wildman–Crippen LogP) is 2.78. The molecule has 1 aliphatic heterocycles. The molecule has 0 amide bonds. The number of pyridine rings is 1. The van der Waals surface area contributed by atoms with Crippen molar-refractivity contribution >= 4 is 5.57 Å². The summed E-state index contributed by atoms with van der Waals surface area (Å²) >= 11 is 0. The number of ether oxygens (including phenoxy) is 1. The summed E-state index contributed by atoms with van der Waals surface area (Å²) in [6.45, 7) is 0.545. The fourth-order valence-corrected chi connectivity index (χ4v) is 2.06. The van der Waals surface area contributed by atoms with Crippen molar-refractivity contribution in [3.8, 4) is 11.8 Å². The number of nitrogens with zero attached hydrogens (tertiary/aromatic N) is 2. The van der Waals surface area contributed by atoms with Crippen LogP contribution in [0.25, 0.3) is 5.57 Å². The Morgan fingerprint density at radius 2 is 2.22 bits per heavy atom. The zero-order valence-electron chi connectivity index (χ0n) is 9.63. The van der Waals surface area contributed by atoms with E-state index in [1.807, 2.05) is 36.5 Å². The highest BCUT2D eigenvalue weighted by Gasteiger charge is 2.15. The van der Waals surface area contributed by atoms with E-state index in [1.165, 1.54) is 0 Å². The first-order valence-corrected chi connectivity index (χ1v) is 5.66. The average Bonchev–Trinajstić information content (AvgIpc) is 2.47. The molecule has 0 aliphatic carbocycles. The third-order valence-electron chi connectivity index (χ3n) is 2.90. The van der Waals surface area contributed by atoms with E-state index in [1.54, 1.807) is 12.3 Å². The van der Waals surface area contributed by atoms with Crippen LogP contribution in [-0.4, -0.2) is 11.6 Å². The molecule has 3 rings (SSSR count). The maximum atomic E-state index is 8.97. The lowest BCUT2D eigenvalue weighted by Crippen LogP contribution is -2.05. The molecule has 0 saturated heterocycles. The van der Waals surface area contributed by atoms with Crippen LogP contribution in [0.3, 0.4) is 0 Å².